The van der Waals surface area contributed by atoms with Crippen LogP contribution in [0.4, 0.5) is 10.5 Å². The van der Waals surface area contributed by atoms with Crippen LogP contribution in [0.5, 0.6) is 5.75 Å². The molecular formula is C11H15NO7P2. The summed E-state index contributed by atoms with van der Waals surface area (Å²) in [5.41, 5.74) is -0.0678. The summed E-state index contributed by atoms with van der Waals surface area (Å²) in [5.74, 6) is -0.0333. The molecule has 116 valence electrons. The van der Waals surface area contributed by atoms with E-state index in [0.29, 0.717) is 6.35 Å². The van der Waals surface area contributed by atoms with Crippen LogP contribution < -0.4 is 4.74 Å². The number of hydrogen-bond acceptors (Lipinski definition) is 7. The molecule has 8 nitrogen and oxygen atoms in total. The third kappa shape index (κ3) is 9.71. The van der Waals surface area contributed by atoms with Crippen molar-refractivity contribution in [2.45, 2.75) is 6.92 Å². The zero-order chi connectivity index (χ0) is 16.3. The van der Waals surface area contributed by atoms with Gasteiger partial charge in [0, 0.05) is 19.1 Å². The van der Waals surface area contributed by atoms with E-state index in [2.05, 4.69) is 28.0 Å². The SMILES string of the molecule is CC(=O)OCP.O=C(OCP)Oc1ccc([N+](=O)[O-])cc1. The molecule has 0 amide bonds. The number of nitrogens with zero attached hydrogens (tertiary/aromatic N) is 1. The molecule has 0 bridgehead atoms. The summed E-state index contributed by atoms with van der Waals surface area (Å²) in [4.78, 5) is 30.4. The van der Waals surface area contributed by atoms with Crippen molar-refractivity contribution in [2.75, 3.05) is 12.7 Å². The van der Waals surface area contributed by atoms with Crippen LogP contribution in [0.15, 0.2) is 24.3 Å². The number of rotatable bonds is 4. The average molecular weight is 335 g/mol. The molecule has 1 rings (SSSR count). The highest BCUT2D eigenvalue weighted by molar-refractivity contribution is 7.16. The van der Waals surface area contributed by atoms with Crippen molar-refractivity contribution in [1.29, 1.82) is 0 Å². The Kier molecular flexibility index (Phi) is 10.0. The fraction of sp³-hybridized carbons (Fsp3) is 0.273. The molecular weight excluding hydrogens is 320 g/mol. The monoisotopic (exact) mass is 335 g/mol. The maximum absolute atomic E-state index is 10.8. The first-order chi connectivity index (χ1) is 9.90. The zero-order valence-corrected chi connectivity index (χ0v) is 13.5. The molecule has 2 unspecified atom stereocenters. The van der Waals surface area contributed by atoms with E-state index in [4.69, 9.17) is 4.74 Å². The normalized spacial score (nSPS) is 8.90. The maximum atomic E-state index is 10.8. The molecule has 0 radical (unpaired) electrons. The van der Waals surface area contributed by atoms with E-state index in [9.17, 15) is 19.7 Å². The second-order valence-electron chi connectivity index (χ2n) is 3.22. The Morgan fingerprint density at radius 2 is 1.67 bits per heavy atom. The van der Waals surface area contributed by atoms with Gasteiger partial charge in [-0.05, 0) is 12.1 Å². The van der Waals surface area contributed by atoms with E-state index in [0.717, 1.165) is 0 Å². The van der Waals surface area contributed by atoms with Crippen molar-refractivity contribution in [3.8, 4) is 5.75 Å². The summed E-state index contributed by atoms with van der Waals surface area (Å²) in [6, 6.07) is 5.12. The van der Waals surface area contributed by atoms with Gasteiger partial charge in [0.1, 0.15) is 18.4 Å². The number of nitro benzene ring substituents is 1. The number of carbonyl (C=O) groups is 2. The predicted octanol–water partition coefficient (Wildman–Crippen LogP) is 2.32. The Hall–Kier alpha value is -1.78. The van der Waals surface area contributed by atoms with E-state index in [-0.39, 0.29) is 23.8 Å². The molecule has 1 aromatic carbocycles. The third-order valence-corrected chi connectivity index (χ3v) is 2.07. The quantitative estimate of drug-likeness (QED) is 0.273. The first-order valence-electron chi connectivity index (χ1n) is 5.53. The smallest absolute Gasteiger partial charge is 0.462 e. The van der Waals surface area contributed by atoms with Gasteiger partial charge in [0.05, 0.1) is 4.92 Å². The number of esters is 1. The lowest BCUT2D eigenvalue weighted by Crippen LogP contribution is -2.08. The summed E-state index contributed by atoms with van der Waals surface area (Å²) in [6.45, 7) is 1.38. The number of non-ortho nitro benzene ring substituents is 1. The van der Waals surface area contributed by atoms with Crippen LogP contribution in [-0.2, 0) is 14.3 Å². The van der Waals surface area contributed by atoms with Gasteiger partial charge in [0.25, 0.3) is 5.69 Å². The van der Waals surface area contributed by atoms with Gasteiger partial charge in [0.15, 0.2) is 0 Å². The van der Waals surface area contributed by atoms with Crippen LogP contribution in [0, 0.1) is 10.1 Å². The van der Waals surface area contributed by atoms with Gasteiger partial charge >= 0.3 is 12.1 Å². The van der Waals surface area contributed by atoms with E-state index in [1.165, 1.54) is 31.2 Å². The second-order valence-corrected chi connectivity index (χ2v) is 3.88. The van der Waals surface area contributed by atoms with Gasteiger partial charge < -0.3 is 14.2 Å². The molecule has 0 heterocycles. The fourth-order valence-electron chi connectivity index (χ4n) is 0.947. The van der Waals surface area contributed by atoms with Crippen molar-refractivity contribution in [3.63, 3.8) is 0 Å². The largest absolute Gasteiger partial charge is 0.514 e. The van der Waals surface area contributed by atoms with Gasteiger partial charge in [0.2, 0.25) is 0 Å². The molecule has 0 saturated heterocycles. The first kappa shape index (κ1) is 19.2. The van der Waals surface area contributed by atoms with Crippen LogP contribution in [0.2, 0.25) is 0 Å². The highest BCUT2D eigenvalue weighted by Crippen LogP contribution is 2.17. The van der Waals surface area contributed by atoms with Crippen LogP contribution in [0.3, 0.4) is 0 Å². The summed E-state index contributed by atoms with van der Waals surface area (Å²) >= 11 is 0. The standard InChI is InChI=1S/C8H8NO5P.C3H7O2P/c10-8(13-5-15)14-7-3-1-6(2-4-7)9(11)12;1-3(4)5-2-6/h1-4H,5,15H2;2,6H2,1H3. The van der Waals surface area contributed by atoms with Crippen molar-refractivity contribution in [1.82, 2.24) is 0 Å². The second kappa shape index (κ2) is 10.9. The summed E-state index contributed by atoms with van der Waals surface area (Å²) in [6.07, 6.45) is -0.319. The van der Waals surface area contributed by atoms with Crippen LogP contribution in [-0.4, -0.2) is 29.7 Å². The Bertz CT molecular complexity index is 478. The molecule has 21 heavy (non-hydrogen) atoms. The molecule has 0 aliphatic carbocycles. The molecule has 0 saturated carbocycles. The molecule has 1 aromatic rings. The summed E-state index contributed by atoms with van der Waals surface area (Å²) < 4.78 is 13.5. The third-order valence-electron chi connectivity index (χ3n) is 1.74. The number of nitro groups is 1. The summed E-state index contributed by atoms with van der Waals surface area (Å²) in [7, 11) is 4.48. The maximum Gasteiger partial charge on any atom is 0.514 e. The Morgan fingerprint density at radius 3 is 2.00 bits per heavy atom. The lowest BCUT2D eigenvalue weighted by molar-refractivity contribution is -0.384. The van der Waals surface area contributed by atoms with Gasteiger partial charge in [-0.2, -0.15) is 0 Å². The lowest BCUT2D eigenvalue weighted by atomic mass is 10.3. The van der Waals surface area contributed by atoms with Crippen molar-refractivity contribution in [2.24, 2.45) is 0 Å². The van der Waals surface area contributed by atoms with Gasteiger partial charge in [-0.25, -0.2) is 4.79 Å². The Balaban J connectivity index is 0.000000567. The molecule has 0 fully saturated rings. The molecule has 2 atom stereocenters. The molecule has 0 aliphatic heterocycles. The molecule has 10 heteroatoms. The van der Waals surface area contributed by atoms with Crippen molar-refractivity contribution < 1.29 is 28.7 Å². The molecule has 0 aromatic heterocycles. The Labute approximate surface area is 125 Å². The zero-order valence-electron chi connectivity index (χ0n) is 11.2. The molecule has 0 spiro atoms. The van der Waals surface area contributed by atoms with Crippen molar-refractivity contribution >= 4 is 36.3 Å². The highest BCUT2D eigenvalue weighted by Gasteiger charge is 2.07. The molecule has 0 aliphatic rings. The van der Waals surface area contributed by atoms with Crippen LogP contribution in [0.1, 0.15) is 6.92 Å². The van der Waals surface area contributed by atoms with E-state index in [1.807, 2.05) is 0 Å². The number of hydrogen-bond donors (Lipinski definition) is 0. The summed E-state index contributed by atoms with van der Waals surface area (Å²) in [5, 5.41) is 10.3. The highest BCUT2D eigenvalue weighted by atomic mass is 31.0. The number of carbonyl (C=O) groups excluding carboxylic acids is 2. The minimum atomic E-state index is -0.848. The van der Waals surface area contributed by atoms with Crippen molar-refractivity contribution in [3.05, 3.63) is 34.4 Å². The topological polar surface area (TPSA) is 105 Å². The molecule has 0 N–H and O–H groups in total. The van der Waals surface area contributed by atoms with Gasteiger partial charge in [-0.15, -0.1) is 0 Å². The van der Waals surface area contributed by atoms with E-state index >= 15 is 0 Å². The van der Waals surface area contributed by atoms with Crippen LogP contribution in [0.25, 0.3) is 0 Å². The minimum Gasteiger partial charge on any atom is -0.462 e. The minimum absolute atomic E-state index is 0.0678. The number of ether oxygens (including phenoxy) is 3. The van der Waals surface area contributed by atoms with Gasteiger partial charge in [-0.1, -0.05) is 18.5 Å². The number of benzene rings is 1. The lowest BCUT2D eigenvalue weighted by Gasteiger charge is -2.02. The Morgan fingerprint density at radius 1 is 1.14 bits per heavy atom. The van der Waals surface area contributed by atoms with Crippen LogP contribution >= 0.6 is 18.5 Å². The predicted molar refractivity (Wildman–Crippen MR) is 81.1 cm³/mol. The fourth-order valence-corrected chi connectivity index (χ4v) is 1.32. The van der Waals surface area contributed by atoms with E-state index in [1.54, 1.807) is 0 Å². The average Bonchev–Trinajstić information content (AvgIpc) is 2.40. The first-order valence-corrected chi connectivity index (χ1v) is 7.16. The van der Waals surface area contributed by atoms with E-state index < -0.39 is 11.1 Å². The van der Waals surface area contributed by atoms with Gasteiger partial charge in [-0.3, -0.25) is 14.9 Å².